The summed E-state index contributed by atoms with van der Waals surface area (Å²) in [6, 6.07) is 7.57. The van der Waals surface area contributed by atoms with Gasteiger partial charge in [-0.1, -0.05) is 31.2 Å². The maximum atomic E-state index is 11.4. The lowest BCUT2D eigenvalue weighted by atomic mass is 9.82. The molecule has 1 saturated heterocycles. The summed E-state index contributed by atoms with van der Waals surface area (Å²) in [5.41, 5.74) is 1.76. The first-order chi connectivity index (χ1) is 8.53. The van der Waals surface area contributed by atoms with E-state index in [0.29, 0.717) is 18.8 Å². The Morgan fingerprint density at radius 2 is 1.83 bits per heavy atom. The topological polar surface area (TPSA) is 51.2 Å². The first kappa shape index (κ1) is 13.3. The second kappa shape index (κ2) is 5.22. The van der Waals surface area contributed by atoms with Crippen LogP contribution in [0.2, 0.25) is 0 Å². The third kappa shape index (κ3) is 2.80. The van der Waals surface area contributed by atoms with Gasteiger partial charge in [-0.25, -0.2) is 8.42 Å². The Kier molecular flexibility index (Phi) is 3.85. The highest BCUT2D eigenvalue weighted by atomic mass is 32.2. The number of hydrogen-bond acceptors (Lipinski definition) is 3. The van der Waals surface area contributed by atoms with Crippen LogP contribution in [0.4, 0.5) is 0 Å². The van der Waals surface area contributed by atoms with Gasteiger partial charge >= 0.3 is 0 Å². The number of sulfone groups is 1. The molecule has 0 aromatic heterocycles. The Morgan fingerprint density at radius 3 is 2.44 bits per heavy atom. The normalized spacial score (nSPS) is 21.4. The van der Waals surface area contributed by atoms with Gasteiger partial charge < -0.3 is 0 Å². The third-order valence-corrected chi connectivity index (χ3v) is 5.64. The third-order valence-electron chi connectivity index (χ3n) is 3.92. The van der Waals surface area contributed by atoms with Crippen LogP contribution in [-0.4, -0.2) is 26.2 Å². The van der Waals surface area contributed by atoms with E-state index in [1.165, 1.54) is 0 Å². The zero-order valence-corrected chi connectivity index (χ0v) is 11.3. The van der Waals surface area contributed by atoms with Gasteiger partial charge in [0.05, 0.1) is 11.5 Å². The fraction of sp³-hybridized carbons (Fsp3) is 0.500. The molecule has 0 N–H and O–H groups in total. The summed E-state index contributed by atoms with van der Waals surface area (Å²) in [5.74, 6) is 1.16. The Labute approximate surface area is 108 Å². The highest BCUT2D eigenvalue weighted by molar-refractivity contribution is 7.91. The molecule has 1 fully saturated rings. The largest absolute Gasteiger partial charge is 0.298 e. The molecule has 3 nitrogen and oxygen atoms in total. The van der Waals surface area contributed by atoms with Gasteiger partial charge in [0.15, 0.2) is 0 Å². The number of hydrogen-bond donors (Lipinski definition) is 0. The second-order valence-electron chi connectivity index (χ2n) is 5.02. The van der Waals surface area contributed by atoms with Crippen LogP contribution in [0.15, 0.2) is 24.3 Å². The standard InChI is InChI=1S/C14H18O3S/c1-11(12-6-8-18(16,17)9-7-12)14-5-3-2-4-13(14)10-15/h2-5,10-12H,6-9H2,1H3. The molecule has 1 aliphatic rings. The Balaban J connectivity index is 2.17. The highest BCUT2D eigenvalue weighted by Crippen LogP contribution is 2.34. The molecule has 0 saturated carbocycles. The first-order valence-corrected chi connectivity index (χ1v) is 8.10. The van der Waals surface area contributed by atoms with Gasteiger partial charge in [0.2, 0.25) is 0 Å². The van der Waals surface area contributed by atoms with Gasteiger partial charge in [-0.05, 0) is 30.2 Å². The van der Waals surface area contributed by atoms with Crippen LogP contribution in [0.25, 0.3) is 0 Å². The fourth-order valence-electron chi connectivity index (χ4n) is 2.70. The minimum absolute atomic E-state index is 0.238. The summed E-state index contributed by atoms with van der Waals surface area (Å²) in [6.45, 7) is 2.09. The predicted octanol–water partition coefficient (Wildman–Crippen LogP) is 2.43. The molecule has 0 radical (unpaired) electrons. The quantitative estimate of drug-likeness (QED) is 0.789. The molecule has 18 heavy (non-hydrogen) atoms. The molecule has 0 spiro atoms. The van der Waals surface area contributed by atoms with Crippen molar-refractivity contribution in [3.05, 3.63) is 35.4 Å². The molecular formula is C14H18O3S. The maximum absolute atomic E-state index is 11.4. The molecule has 4 heteroatoms. The molecular weight excluding hydrogens is 248 g/mol. The first-order valence-electron chi connectivity index (χ1n) is 6.28. The van der Waals surface area contributed by atoms with Gasteiger partial charge in [0.25, 0.3) is 0 Å². The van der Waals surface area contributed by atoms with E-state index >= 15 is 0 Å². The zero-order valence-electron chi connectivity index (χ0n) is 10.5. The molecule has 1 unspecified atom stereocenters. The summed E-state index contributed by atoms with van der Waals surface area (Å²) in [6.07, 6.45) is 2.29. The van der Waals surface area contributed by atoms with Crippen molar-refractivity contribution in [3.63, 3.8) is 0 Å². The number of aldehydes is 1. The summed E-state index contributed by atoms with van der Waals surface area (Å²) >= 11 is 0. The average Bonchev–Trinajstić information content (AvgIpc) is 2.38. The Hall–Kier alpha value is -1.16. The Morgan fingerprint density at radius 1 is 1.22 bits per heavy atom. The van der Waals surface area contributed by atoms with E-state index < -0.39 is 9.84 Å². The summed E-state index contributed by atoms with van der Waals surface area (Å²) < 4.78 is 22.8. The number of carbonyl (C=O) groups is 1. The van der Waals surface area contributed by atoms with Crippen molar-refractivity contribution >= 4 is 16.1 Å². The summed E-state index contributed by atoms with van der Waals surface area (Å²) in [5, 5.41) is 0. The van der Waals surface area contributed by atoms with Crippen molar-refractivity contribution in [2.45, 2.75) is 25.7 Å². The Bertz CT molecular complexity index is 520. The zero-order chi connectivity index (χ0) is 13.2. The average molecular weight is 266 g/mol. The van der Waals surface area contributed by atoms with E-state index in [1.54, 1.807) is 0 Å². The maximum Gasteiger partial charge on any atom is 0.150 e. The minimum atomic E-state index is -2.82. The smallest absolute Gasteiger partial charge is 0.150 e. The van der Waals surface area contributed by atoms with E-state index in [4.69, 9.17) is 0 Å². The molecule has 0 amide bonds. The van der Waals surface area contributed by atoms with Crippen LogP contribution in [0, 0.1) is 5.92 Å². The van der Waals surface area contributed by atoms with E-state index in [2.05, 4.69) is 6.92 Å². The van der Waals surface area contributed by atoms with Crippen molar-refractivity contribution in [2.75, 3.05) is 11.5 Å². The van der Waals surface area contributed by atoms with Gasteiger partial charge in [-0.15, -0.1) is 0 Å². The van der Waals surface area contributed by atoms with E-state index in [1.807, 2.05) is 24.3 Å². The predicted molar refractivity (Wildman–Crippen MR) is 71.6 cm³/mol. The fourth-order valence-corrected chi connectivity index (χ4v) is 4.22. The van der Waals surface area contributed by atoms with Crippen LogP contribution in [0.3, 0.4) is 0 Å². The molecule has 1 aromatic rings. The molecule has 1 aromatic carbocycles. The van der Waals surface area contributed by atoms with Gasteiger partial charge in [0, 0.05) is 5.56 Å². The van der Waals surface area contributed by atoms with Crippen molar-refractivity contribution in [2.24, 2.45) is 5.92 Å². The monoisotopic (exact) mass is 266 g/mol. The van der Waals surface area contributed by atoms with Crippen molar-refractivity contribution in [3.8, 4) is 0 Å². The van der Waals surface area contributed by atoms with Gasteiger partial charge in [-0.2, -0.15) is 0 Å². The lowest BCUT2D eigenvalue weighted by molar-refractivity contribution is 0.112. The van der Waals surface area contributed by atoms with Crippen LogP contribution < -0.4 is 0 Å². The van der Waals surface area contributed by atoms with E-state index in [0.717, 1.165) is 17.4 Å². The highest BCUT2D eigenvalue weighted by Gasteiger charge is 2.28. The van der Waals surface area contributed by atoms with Crippen LogP contribution in [0.1, 0.15) is 41.6 Å². The van der Waals surface area contributed by atoms with Crippen LogP contribution in [0.5, 0.6) is 0 Å². The van der Waals surface area contributed by atoms with E-state index in [9.17, 15) is 13.2 Å². The number of carbonyl (C=O) groups excluding carboxylic acids is 1. The van der Waals surface area contributed by atoms with Crippen LogP contribution >= 0.6 is 0 Å². The summed E-state index contributed by atoms with van der Waals surface area (Å²) in [7, 11) is -2.82. The van der Waals surface area contributed by atoms with Gasteiger partial charge in [-0.3, -0.25) is 4.79 Å². The molecule has 2 rings (SSSR count). The SMILES string of the molecule is CC(c1ccccc1C=O)C1CCS(=O)(=O)CC1. The summed E-state index contributed by atoms with van der Waals surface area (Å²) in [4.78, 5) is 11.0. The molecule has 0 bridgehead atoms. The number of rotatable bonds is 3. The van der Waals surface area contributed by atoms with Crippen molar-refractivity contribution in [1.82, 2.24) is 0 Å². The molecule has 1 heterocycles. The van der Waals surface area contributed by atoms with Crippen LogP contribution in [-0.2, 0) is 9.84 Å². The second-order valence-corrected chi connectivity index (χ2v) is 7.33. The molecule has 1 aliphatic heterocycles. The minimum Gasteiger partial charge on any atom is -0.298 e. The van der Waals surface area contributed by atoms with Gasteiger partial charge in [0.1, 0.15) is 16.1 Å². The molecule has 1 atom stereocenters. The molecule has 0 aliphatic carbocycles. The molecule has 98 valence electrons. The lowest BCUT2D eigenvalue weighted by Crippen LogP contribution is -2.26. The number of benzene rings is 1. The van der Waals surface area contributed by atoms with Crippen molar-refractivity contribution < 1.29 is 13.2 Å². The lowest BCUT2D eigenvalue weighted by Gasteiger charge is -2.28. The van der Waals surface area contributed by atoms with Crippen molar-refractivity contribution in [1.29, 1.82) is 0 Å². The van der Waals surface area contributed by atoms with E-state index in [-0.39, 0.29) is 17.4 Å².